The molecule has 0 saturated carbocycles. The minimum Gasteiger partial charge on any atom is -0.391 e. The molecule has 0 spiro atoms. The Morgan fingerprint density at radius 1 is 1.25 bits per heavy atom. The first-order valence-corrected chi connectivity index (χ1v) is 6.57. The smallest absolute Gasteiger partial charge is 0.391 e. The van der Waals surface area contributed by atoms with Gasteiger partial charge < -0.3 is 10.0 Å². The van der Waals surface area contributed by atoms with Gasteiger partial charge in [-0.3, -0.25) is 0 Å². The summed E-state index contributed by atoms with van der Waals surface area (Å²) in [6.07, 6.45) is -3.39. The van der Waals surface area contributed by atoms with Crippen molar-refractivity contribution in [3.8, 4) is 0 Å². The van der Waals surface area contributed by atoms with Crippen LogP contribution >= 0.6 is 0 Å². The molecular weight excluding hydrogens is 269 g/mol. The van der Waals surface area contributed by atoms with Crippen LogP contribution in [0, 0.1) is 5.41 Å². The van der Waals surface area contributed by atoms with Gasteiger partial charge in [0.15, 0.2) is 0 Å². The second-order valence-electron chi connectivity index (χ2n) is 6.33. The quantitative estimate of drug-likeness (QED) is 0.862. The number of aliphatic hydroxyl groups excluding tert-OH is 1. The summed E-state index contributed by atoms with van der Waals surface area (Å²) in [5.41, 5.74) is -0.838. The first-order chi connectivity index (χ1) is 9.09. The summed E-state index contributed by atoms with van der Waals surface area (Å²) in [7, 11) is 0. The summed E-state index contributed by atoms with van der Waals surface area (Å²) in [6.45, 7) is 6.55. The molecule has 0 aliphatic carbocycles. The van der Waals surface area contributed by atoms with E-state index in [9.17, 15) is 18.3 Å². The molecule has 1 aromatic heterocycles. The molecule has 2 heterocycles. The Morgan fingerprint density at radius 2 is 1.90 bits per heavy atom. The van der Waals surface area contributed by atoms with Crippen LogP contribution in [0.3, 0.4) is 0 Å². The SMILES string of the molecule is CC(C)(C)C1C[C@@H](O)CN1c1ccc(C(F)(F)F)cn1. The zero-order chi connectivity index (χ0) is 15.1. The largest absolute Gasteiger partial charge is 0.417 e. The number of alkyl halides is 3. The van der Waals surface area contributed by atoms with Crippen LogP contribution < -0.4 is 4.90 Å². The Morgan fingerprint density at radius 3 is 2.35 bits per heavy atom. The molecule has 1 saturated heterocycles. The normalized spacial score (nSPS) is 24.2. The summed E-state index contributed by atoms with van der Waals surface area (Å²) in [5.74, 6) is 0.481. The monoisotopic (exact) mass is 288 g/mol. The van der Waals surface area contributed by atoms with Crippen LogP contribution in [0.5, 0.6) is 0 Å². The Labute approximate surface area is 116 Å². The molecule has 0 amide bonds. The fourth-order valence-corrected chi connectivity index (χ4v) is 2.61. The van der Waals surface area contributed by atoms with E-state index in [2.05, 4.69) is 4.98 Å². The topological polar surface area (TPSA) is 36.4 Å². The van der Waals surface area contributed by atoms with Gasteiger partial charge in [-0.05, 0) is 24.0 Å². The molecular formula is C14H19F3N2O. The number of hydrogen-bond donors (Lipinski definition) is 1. The van der Waals surface area contributed by atoms with Crippen molar-refractivity contribution in [3.05, 3.63) is 23.9 Å². The first kappa shape index (κ1) is 15.1. The van der Waals surface area contributed by atoms with Crippen LogP contribution in [0.1, 0.15) is 32.8 Å². The fraction of sp³-hybridized carbons (Fsp3) is 0.643. The van der Waals surface area contributed by atoms with Crippen molar-refractivity contribution in [2.75, 3.05) is 11.4 Å². The first-order valence-electron chi connectivity index (χ1n) is 6.57. The zero-order valence-electron chi connectivity index (χ0n) is 11.8. The molecule has 1 aliphatic heterocycles. The Hall–Kier alpha value is -1.30. The lowest BCUT2D eigenvalue weighted by molar-refractivity contribution is -0.137. The molecule has 6 heteroatoms. The molecule has 2 rings (SSSR count). The highest BCUT2D eigenvalue weighted by molar-refractivity contribution is 5.43. The van der Waals surface area contributed by atoms with E-state index in [4.69, 9.17) is 0 Å². The number of aromatic nitrogens is 1. The number of β-amino-alcohol motifs (C(OH)–C–C–N with tert-alkyl or cyclic N) is 1. The van der Waals surface area contributed by atoms with Crippen molar-refractivity contribution in [2.45, 2.75) is 45.5 Å². The zero-order valence-corrected chi connectivity index (χ0v) is 11.8. The summed E-state index contributed by atoms with van der Waals surface area (Å²) < 4.78 is 37.6. The second-order valence-corrected chi connectivity index (χ2v) is 6.33. The molecule has 0 radical (unpaired) electrons. The summed E-state index contributed by atoms with van der Waals surface area (Å²) in [4.78, 5) is 5.81. The lowest BCUT2D eigenvalue weighted by atomic mass is 9.85. The van der Waals surface area contributed by atoms with Crippen molar-refractivity contribution < 1.29 is 18.3 Å². The third kappa shape index (κ3) is 3.06. The van der Waals surface area contributed by atoms with E-state index >= 15 is 0 Å². The molecule has 20 heavy (non-hydrogen) atoms. The molecule has 0 bridgehead atoms. The van der Waals surface area contributed by atoms with Gasteiger partial charge in [-0.2, -0.15) is 13.2 Å². The van der Waals surface area contributed by atoms with Gasteiger partial charge >= 0.3 is 6.18 Å². The van der Waals surface area contributed by atoms with Gasteiger partial charge in [-0.25, -0.2) is 4.98 Å². The van der Waals surface area contributed by atoms with Gasteiger partial charge in [0.25, 0.3) is 0 Å². The summed E-state index contributed by atoms with van der Waals surface area (Å²) in [6, 6.07) is 2.47. The molecule has 1 N–H and O–H groups in total. The average molecular weight is 288 g/mol. The predicted octanol–water partition coefficient (Wildman–Crippen LogP) is 3.09. The van der Waals surface area contributed by atoms with E-state index in [1.165, 1.54) is 6.07 Å². The predicted molar refractivity (Wildman–Crippen MR) is 70.5 cm³/mol. The summed E-state index contributed by atoms with van der Waals surface area (Å²) >= 11 is 0. The van der Waals surface area contributed by atoms with Gasteiger partial charge in [0, 0.05) is 18.8 Å². The van der Waals surface area contributed by atoms with Gasteiger partial charge in [0.2, 0.25) is 0 Å². The Bertz CT molecular complexity index is 465. The van der Waals surface area contributed by atoms with Crippen LogP contribution in [0.4, 0.5) is 19.0 Å². The number of anilines is 1. The maximum Gasteiger partial charge on any atom is 0.417 e. The maximum absolute atomic E-state index is 12.5. The fourth-order valence-electron chi connectivity index (χ4n) is 2.61. The number of halogens is 3. The van der Waals surface area contributed by atoms with Crippen molar-refractivity contribution in [2.24, 2.45) is 5.41 Å². The molecule has 112 valence electrons. The number of aliphatic hydroxyl groups is 1. The highest BCUT2D eigenvalue weighted by Gasteiger charge is 2.39. The van der Waals surface area contributed by atoms with Crippen LogP contribution in [0.2, 0.25) is 0 Å². The minimum atomic E-state index is -4.38. The van der Waals surface area contributed by atoms with Gasteiger partial charge in [0.05, 0.1) is 11.7 Å². The second kappa shape index (κ2) is 4.91. The van der Waals surface area contributed by atoms with Crippen molar-refractivity contribution in [1.82, 2.24) is 4.98 Å². The third-order valence-corrected chi connectivity index (χ3v) is 3.65. The van der Waals surface area contributed by atoms with Crippen LogP contribution in [-0.4, -0.2) is 28.8 Å². The van der Waals surface area contributed by atoms with Crippen molar-refractivity contribution >= 4 is 5.82 Å². The highest BCUT2D eigenvalue weighted by Crippen LogP contribution is 2.36. The lowest BCUT2D eigenvalue weighted by Crippen LogP contribution is -2.39. The van der Waals surface area contributed by atoms with Crippen LogP contribution in [-0.2, 0) is 6.18 Å². The summed E-state index contributed by atoms with van der Waals surface area (Å²) in [5, 5.41) is 9.83. The number of rotatable bonds is 1. The van der Waals surface area contributed by atoms with Crippen molar-refractivity contribution in [1.29, 1.82) is 0 Å². The molecule has 1 unspecified atom stereocenters. The number of pyridine rings is 1. The third-order valence-electron chi connectivity index (χ3n) is 3.65. The van der Waals surface area contributed by atoms with E-state index in [1.54, 1.807) is 0 Å². The molecule has 0 aromatic carbocycles. The van der Waals surface area contributed by atoms with E-state index in [1.807, 2.05) is 25.7 Å². The van der Waals surface area contributed by atoms with Crippen LogP contribution in [0.15, 0.2) is 18.3 Å². The molecule has 1 aliphatic rings. The van der Waals surface area contributed by atoms with Gasteiger partial charge in [-0.1, -0.05) is 20.8 Å². The molecule has 3 nitrogen and oxygen atoms in total. The number of hydrogen-bond acceptors (Lipinski definition) is 3. The lowest BCUT2D eigenvalue weighted by Gasteiger charge is -2.35. The average Bonchev–Trinajstić information content (AvgIpc) is 2.70. The van der Waals surface area contributed by atoms with Gasteiger partial charge in [0.1, 0.15) is 5.82 Å². The van der Waals surface area contributed by atoms with E-state index in [0.717, 1.165) is 12.3 Å². The maximum atomic E-state index is 12.5. The molecule has 2 atom stereocenters. The van der Waals surface area contributed by atoms with E-state index in [0.29, 0.717) is 18.8 Å². The van der Waals surface area contributed by atoms with Crippen molar-refractivity contribution in [3.63, 3.8) is 0 Å². The molecule has 1 aromatic rings. The Kier molecular flexibility index (Phi) is 3.71. The standard InChI is InChI=1S/C14H19F3N2O/c1-13(2,3)11-6-10(20)8-19(11)12-5-4-9(7-18-12)14(15,16)17/h4-5,7,10-11,20H,6,8H2,1-3H3/t10-,11?/m1/s1. The van der Waals surface area contributed by atoms with Crippen LogP contribution in [0.25, 0.3) is 0 Å². The number of nitrogens with zero attached hydrogens (tertiary/aromatic N) is 2. The molecule has 1 fully saturated rings. The van der Waals surface area contributed by atoms with E-state index in [-0.39, 0.29) is 11.5 Å². The highest BCUT2D eigenvalue weighted by atomic mass is 19.4. The Balaban J connectivity index is 2.26. The minimum absolute atomic E-state index is 0.0572. The van der Waals surface area contributed by atoms with E-state index < -0.39 is 17.8 Å². The van der Waals surface area contributed by atoms with Gasteiger partial charge in [-0.15, -0.1) is 0 Å².